The minimum atomic E-state index is 0.0328. The Balaban J connectivity index is 1.77. The van der Waals surface area contributed by atoms with E-state index < -0.39 is 0 Å². The zero-order valence-electron chi connectivity index (χ0n) is 15.4. The van der Waals surface area contributed by atoms with Gasteiger partial charge in [-0.05, 0) is 31.4 Å². The highest BCUT2D eigenvalue weighted by Crippen LogP contribution is 2.37. The lowest BCUT2D eigenvalue weighted by molar-refractivity contribution is 0.127. The van der Waals surface area contributed by atoms with Crippen LogP contribution in [0, 0.1) is 0 Å². The number of hydrogen-bond donors (Lipinski definition) is 0. The molecule has 6 heteroatoms. The molecule has 1 fully saturated rings. The summed E-state index contributed by atoms with van der Waals surface area (Å²) < 4.78 is 7.45. The van der Waals surface area contributed by atoms with Crippen molar-refractivity contribution in [2.24, 2.45) is 0 Å². The third kappa shape index (κ3) is 2.84. The Morgan fingerprint density at radius 3 is 2.73 bits per heavy atom. The predicted octanol–water partition coefficient (Wildman–Crippen LogP) is 3.58. The number of hydrogen-bond acceptors (Lipinski definition) is 5. The Kier molecular flexibility index (Phi) is 4.59. The van der Waals surface area contributed by atoms with E-state index in [1.807, 2.05) is 40.9 Å². The molecule has 0 spiro atoms. The normalized spacial score (nSPS) is 20.2. The average Bonchev–Trinajstić information content (AvgIpc) is 3.27. The Hall–Kier alpha value is -2.47. The summed E-state index contributed by atoms with van der Waals surface area (Å²) in [5.74, 6) is 1.74. The maximum atomic E-state index is 5.60. The molecule has 0 saturated carbocycles. The van der Waals surface area contributed by atoms with E-state index in [4.69, 9.17) is 9.84 Å². The number of benzene rings is 1. The molecule has 2 aromatic heterocycles. The van der Waals surface area contributed by atoms with Crippen molar-refractivity contribution in [3.05, 3.63) is 42.5 Å². The number of methoxy groups -OCH3 is 1. The fourth-order valence-electron chi connectivity index (χ4n) is 4.20. The topological polar surface area (TPSA) is 55.5 Å². The molecule has 1 aliphatic rings. The highest BCUT2D eigenvalue weighted by Gasteiger charge is 2.41. The van der Waals surface area contributed by atoms with Crippen molar-refractivity contribution >= 4 is 11.5 Å². The van der Waals surface area contributed by atoms with Crippen molar-refractivity contribution in [3.8, 4) is 11.4 Å². The van der Waals surface area contributed by atoms with Crippen LogP contribution >= 0.6 is 0 Å². The first kappa shape index (κ1) is 17.0. The SMILES string of the molecule is CCCC1(COC)CCCN1c1ccc2nnc(-c3ccccc3)n2n1. The van der Waals surface area contributed by atoms with Crippen LogP contribution in [-0.2, 0) is 4.74 Å². The molecule has 0 amide bonds. The van der Waals surface area contributed by atoms with Crippen molar-refractivity contribution < 1.29 is 4.74 Å². The van der Waals surface area contributed by atoms with Gasteiger partial charge in [0.1, 0.15) is 5.82 Å². The zero-order valence-corrected chi connectivity index (χ0v) is 15.4. The van der Waals surface area contributed by atoms with Crippen LogP contribution in [0.2, 0.25) is 0 Å². The molecule has 3 aromatic rings. The van der Waals surface area contributed by atoms with Gasteiger partial charge in [-0.2, -0.15) is 4.52 Å². The lowest BCUT2D eigenvalue weighted by Gasteiger charge is -2.38. The lowest BCUT2D eigenvalue weighted by atomic mass is 9.91. The molecule has 3 heterocycles. The molecule has 1 aromatic carbocycles. The van der Waals surface area contributed by atoms with Gasteiger partial charge in [-0.1, -0.05) is 43.7 Å². The van der Waals surface area contributed by atoms with Crippen LogP contribution < -0.4 is 4.90 Å². The van der Waals surface area contributed by atoms with Crippen molar-refractivity contribution in [1.29, 1.82) is 0 Å². The van der Waals surface area contributed by atoms with Gasteiger partial charge in [0, 0.05) is 19.2 Å². The van der Waals surface area contributed by atoms with E-state index in [1.165, 1.54) is 0 Å². The molecule has 0 radical (unpaired) electrons. The molecular formula is C20H25N5O. The highest BCUT2D eigenvalue weighted by atomic mass is 16.5. The third-order valence-corrected chi connectivity index (χ3v) is 5.28. The van der Waals surface area contributed by atoms with Crippen molar-refractivity contribution in [1.82, 2.24) is 19.8 Å². The van der Waals surface area contributed by atoms with E-state index in [2.05, 4.69) is 28.1 Å². The van der Waals surface area contributed by atoms with Crippen LogP contribution in [0.15, 0.2) is 42.5 Å². The van der Waals surface area contributed by atoms with Crippen molar-refractivity contribution in [2.45, 2.75) is 38.1 Å². The molecule has 136 valence electrons. The van der Waals surface area contributed by atoms with Gasteiger partial charge in [-0.25, -0.2) is 0 Å². The van der Waals surface area contributed by atoms with Crippen LogP contribution in [0.1, 0.15) is 32.6 Å². The second-order valence-corrected chi connectivity index (χ2v) is 7.01. The summed E-state index contributed by atoms with van der Waals surface area (Å²) >= 11 is 0. The standard InChI is InChI=1S/C20H25N5O/c1-3-12-20(15-26-2)13-7-14-24(20)18-11-10-17-21-22-19(25(17)23-18)16-8-5-4-6-9-16/h4-6,8-11H,3,7,12-15H2,1-2H3. The third-order valence-electron chi connectivity index (χ3n) is 5.28. The fraction of sp³-hybridized carbons (Fsp3) is 0.450. The van der Waals surface area contributed by atoms with Crippen molar-refractivity contribution in [3.63, 3.8) is 0 Å². The smallest absolute Gasteiger partial charge is 0.185 e. The van der Waals surface area contributed by atoms with Crippen LogP contribution in [-0.4, -0.2) is 45.6 Å². The summed E-state index contributed by atoms with van der Waals surface area (Å²) in [5, 5.41) is 13.5. The molecular weight excluding hydrogens is 326 g/mol. The predicted molar refractivity (Wildman–Crippen MR) is 102 cm³/mol. The Morgan fingerprint density at radius 1 is 1.12 bits per heavy atom. The summed E-state index contributed by atoms with van der Waals surface area (Å²) in [4.78, 5) is 2.42. The van der Waals surface area contributed by atoms with E-state index >= 15 is 0 Å². The van der Waals surface area contributed by atoms with Gasteiger partial charge in [0.15, 0.2) is 11.5 Å². The Bertz CT molecular complexity index is 870. The van der Waals surface area contributed by atoms with E-state index in [-0.39, 0.29) is 5.54 Å². The van der Waals surface area contributed by atoms with E-state index in [1.54, 1.807) is 7.11 Å². The first-order chi connectivity index (χ1) is 12.8. The number of nitrogens with zero attached hydrogens (tertiary/aromatic N) is 5. The molecule has 0 N–H and O–H groups in total. The highest BCUT2D eigenvalue weighted by molar-refractivity contribution is 5.60. The fourth-order valence-corrected chi connectivity index (χ4v) is 4.20. The van der Waals surface area contributed by atoms with Crippen LogP contribution in [0.5, 0.6) is 0 Å². The zero-order chi connectivity index (χ0) is 18.0. The summed E-state index contributed by atoms with van der Waals surface area (Å²) in [6, 6.07) is 14.1. The van der Waals surface area contributed by atoms with Crippen LogP contribution in [0.3, 0.4) is 0 Å². The van der Waals surface area contributed by atoms with Gasteiger partial charge in [-0.3, -0.25) is 0 Å². The summed E-state index contributed by atoms with van der Waals surface area (Å²) in [7, 11) is 1.79. The van der Waals surface area contributed by atoms with Crippen LogP contribution in [0.25, 0.3) is 17.0 Å². The van der Waals surface area contributed by atoms with E-state index in [0.29, 0.717) is 0 Å². The Morgan fingerprint density at radius 2 is 1.96 bits per heavy atom. The molecule has 1 atom stereocenters. The molecule has 1 unspecified atom stereocenters. The molecule has 6 nitrogen and oxygen atoms in total. The molecule has 1 aliphatic heterocycles. The Labute approximate surface area is 153 Å². The first-order valence-electron chi connectivity index (χ1n) is 9.32. The van der Waals surface area contributed by atoms with Gasteiger partial charge < -0.3 is 9.64 Å². The van der Waals surface area contributed by atoms with Gasteiger partial charge in [0.05, 0.1) is 12.1 Å². The maximum Gasteiger partial charge on any atom is 0.185 e. The molecule has 0 aliphatic carbocycles. The monoisotopic (exact) mass is 351 g/mol. The van der Waals surface area contributed by atoms with Gasteiger partial charge in [-0.15, -0.1) is 15.3 Å². The number of fused-ring (bicyclic) bond motifs is 1. The number of aromatic nitrogens is 4. The van der Waals surface area contributed by atoms with Crippen molar-refractivity contribution in [2.75, 3.05) is 25.2 Å². The summed E-state index contributed by atoms with van der Waals surface area (Å²) in [6.07, 6.45) is 4.54. The van der Waals surface area contributed by atoms with Gasteiger partial charge in [0.2, 0.25) is 0 Å². The maximum absolute atomic E-state index is 5.60. The molecule has 0 bridgehead atoms. The number of anilines is 1. The minimum absolute atomic E-state index is 0.0328. The summed E-state index contributed by atoms with van der Waals surface area (Å²) in [6.45, 7) is 3.97. The molecule has 4 rings (SSSR count). The second-order valence-electron chi connectivity index (χ2n) is 7.01. The second kappa shape index (κ2) is 7.03. The largest absolute Gasteiger partial charge is 0.382 e. The molecule has 26 heavy (non-hydrogen) atoms. The van der Waals surface area contributed by atoms with Gasteiger partial charge >= 0.3 is 0 Å². The summed E-state index contributed by atoms with van der Waals surface area (Å²) in [5.41, 5.74) is 1.81. The quantitative estimate of drug-likeness (QED) is 0.679. The molecule has 1 saturated heterocycles. The number of ether oxygens (including phenoxy) is 1. The van der Waals surface area contributed by atoms with Crippen LogP contribution in [0.4, 0.5) is 5.82 Å². The van der Waals surface area contributed by atoms with E-state index in [0.717, 1.165) is 61.7 Å². The van der Waals surface area contributed by atoms with E-state index in [9.17, 15) is 0 Å². The lowest BCUT2D eigenvalue weighted by Crippen LogP contribution is -2.48. The minimum Gasteiger partial charge on any atom is -0.382 e. The first-order valence-corrected chi connectivity index (χ1v) is 9.32. The average molecular weight is 351 g/mol. The number of rotatable bonds is 6. The van der Waals surface area contributed by atoms with Gasteiger partial charge in [0.25, 0.3) is 0 Å².